The van der Waals surface area contributed by atoms with Crippen molar-refractivity contribution < 1.29 is 9.52 Å². The number of phenolic OH excluding ortho intramolecular Hbond substituents is 1. The van der Waals surface area contributed by atoms with Crippen LogP contribution in [-0.4, -0.2) is 44.3 Å². The van der Waals surface area contributed by atoms with Gasteiger partial charge in [0, 0.05) is 30.9 Å². The Morgan fingerprint density at radius 1 is 0.862 bits per heavy atom. The lowest BCUT2D eigenvalue weighted by molar-refractivity contribution is 0.475. The van der Waals surface area contributed by atoms with E-state index in [2.05, 4.69) is 26.7 Å². The summed E-state index contributed by atoms with van der Waals surface area (Å²) in [4.78, 5) is 10.8. The van der Waals surface area contributed by atoms with Crippen LogP contribution in [-0.2, 0) is 0 Å². The van der Waals surface area contributed by atoms with Gasteiger partial charge in [-0.2, -0.15) is 0 Å². The maximum atomic E-state index is 9.41. The van der Waals surface area contributed by atoms with E-state index in [9.17, 15) is 5.11 Å². The van der Waals surface area contributed by atoms with Crippen molar-refractivity contribution in [3.63, 3.8) is 0 Å². The molecule has 1 N–H and O–H groups in total. The second kappa shape index (κ2) is 7.55. The summed E-state index contributed by atoms with van der Waals surface area (Å²) in [6, 6.07) is 14.5. The Bertz CT molecular complexity index is 1150. The van der Waals surface area contributed by atoms with E-state index in [1.807, 2.05) is 43.3 Å². The van der Waals surface area contributed by atoms with Gasteiger partial charge in [-0.25, -0.2) is 4.98 Å². The van der Waals surface area contributed by atoms with Crippen LogP contribution < -0.4 is 0 Å². The number of rotatable bonds is 5. The van der Waals surface area contributed by atoms with Crippen molar-refractivity contribution in [2.45, 2.75) is 0 Å². The fourth-order valence-electron chi connectivity index (χ4n) is 2.75. The van der Waals surface area contributed by atoms with Crippen LogP contribution in [0, 0.1) is 0 Å². The Balaban J connectivity index is 1.61. The zero-order valence-electron chi connectivity index (χ0n) is 16.1. The SMILES string of the molecule is C=C(c1ccc(-c2cncc(-c3nnc(-c4ccc(O)cc4)o3)n2)cc1)N(C)C. The molecule has 0 unspecified atom stereocenters. The molecule has 0 aliphatic carbocycles. The number of aromatic nitrogens is 4. The van der Waals surface area contributed by atoms with E-state index in [4.69, 9.17) is 4.42 Å². The quantitative estimate of drug-likeness (QED) is 0.553. The van der Waals surface area contributed by atoms with Gasteiger partial charge in [0.05, 0.1) is 18.1 Å². The lowest BCUT2D eigenvalue weighted by Gasteiger charge is -2.15. The van der Waals surface area contributed by atoms with Gasteiger partial charge in [0.25, 0.3) is 5.89 Å². The summed E-state index contributed by atoms with van der Waals surface area (Å²) >= 11 is 0. The second-order valence-electron chi connectivity index (χ2n) is 6.67. The minimum absolute atomic E-state index is 0.173. The zero-order chi connectivity index (χ0) is 20.4. The predicted molar refractivity (Wildman–Crippen MR) is 111 cm³/mol. The van der Waals surface area contributed by atoms with Crippen molar-refractivity contribution in [2.75, 3.05) is 14.1 Å². The molecule has 4 rings (SSSR count). The molecule has 7 heteroatoms. The van der Waals surface area contributed by atoms with Gasteiger partial charge >= 0.3 is 0 Å². The molecule has 2 heterocycles. The number of hydrogen-bond acceptors (Lipinski definition) is 7. The van der Waals surface area contributed by atoms with Gasteiger partial charge < -0.3 is 14.4 Å². The molecular weight excluding hydrogens is 366 g/mol. The maximum Gasteiger partial charge on any atom is 0.268 e. The third-order valence-corrected chi connectivity index (χ3v) is 4.45. The van der Waals surface area contributed by atoms with Crippen molar-refractivity contribution in [3.8, 4) is 40.0 Å². The van der Waals surface area contributed by atoms with E-state index in [0.29, 0.717) is 22.8 Å². The standard InChI is InChI=1S/C22H19N5O2/c1-14(27(2)3)15-4-6-16(7-5-15)19-12-23-13-20(24-19)22-26-25-21(29-22)17-8-10-18(28)11-9-17/h4-13,28H,1H2,2-3H3. The molecule has 144 valence electrons. The molecule has 0 bridgehead atoms. The van der Waals surface area contributed by atoms with Gasteiger partial charge in [-0.15, -0.1) is 10.2 Å². The molecule has 4 aromatic rings. The maximum absolute atomic E-state index is 9.41. The highest BCUT2D eigenvalue weighted by molar-refractivity contribution is 5.67. The zero-order valence-corrected chi connectivity index (χ0v) is 16.1. The Labute approximate surface area is 168 Å². The van der Waals surface area contributed by atoms with Crippen LogP contribution in [0.2, 0.25) is 0 Å². The minimum Gasteiger partial charge on any atom is -0.508 e. The molecule has 0 atom stereocenters. The van der Waals surface area contributed by atoms with Gasteiger partial charge in [0.15, 0.2) is 0 Å². The monoisotopic (exact) mass is 385 g/mol. The van der Waals surface area contributed by atoms with Gasteiger partial charge in [0.2, 0.25) is 5.89 Å². The molecule has 0 aliphatic heterocycles. The summed E-state index contributed by atoms with van der Waals surface area (Å²) in [6.07, 6.45) is 3.27. The molecule has 2 aromatic heterocycles. The Hall–Kier alpha value is -4.00. The number of aromatic hydroxyl groups is 1. The lowest BCUT2D eigenvalue weighted by Crippen LogP contribution is -2.08. The van der Waals surface area contributed by atoms with Crippen molar-refractivity contribution in [2.24, 2.45) is 0 Å². The molecule has 2 aromatic carbocycles. The van der Waals surface area contributed by atoms with E-state index in [1.54, 1.807) is 36.7 Å². The molecule has 0 amide bonds. The highest BCUT2D eigenvalue weighted by Crippen LogP contribution is 2.26. The van der Waals surface area contributed by atoms with Crippen LogP contribution in [0.1, 0.15) is 5.56 Å². The van der Waals surface area contributed by atoms with Gasteiger partial charge in [-0.3, -0.25) is 4.98 Å². The first-order valence-electron chi connectivity index (χ1n) is 8.93. The van der Waals surface area contributed by atoms with Gasteiger partial charge in [-0.1, -0.05) is 30.8 Å². The van der Waals surface area contributed by atoms with Crippen LogP contribution in [0.25, 0.3) is 40.0 Å². The summed E-state index contributed by atoms with van der Waals surface area (Å²) in [7, 11) is 3.92. The first kappa shape index (κ1) is 18.4. The molecular formula is C22H19N5O2. The number of phenols is 1. The Morgan fingerprint density at radius 2 is 1.48 bits per heavy atom. The molecule has 0 radical (unpaired) electrons. The Morgan fingerprint density at radius 3 is 2.17 bits per heavy atom. The fourth-order valence-corrected chi connectivity index (χ4v) is 2.75. The molecule has 29 heavy (non-hydrogen) atoms. The molecule has 0 fully saturated rings. The smallest absolute Gasteiger partial charge is 0.268 e. The van der Waals surface area contributed by atoms with Crippen molar-refractivity contribution >= 4 is 5.70 Å². The Kier molecular flexibility index (Phi) is 4.78. The van der Waals surface area contributed by atoms with E-state index in [0.717, 1.165) is 16.8 Å². The predicted octanol–water partition coefficient (Wildman–Crippen LogP) is 4.10. The highest BCUT2D eigenvalue weighted by atomic mass is 16.4. The first-order valence-corrected chi connectivity index (χ1v) is 8.93. The largest absolute Gasteiger partial charge is 0.508 e. The van der Waals surface area contributed by atoms with Gasteiger partial charge in [-0.05, 0) is 29.8 Å². The average molecular weight is 385 g/mol. The molecule has 0 saturated heterocycles. The van der Waals surface area contributed by atoms with Crippen LogP contribution in [0.3, 0.4) is 0 Å². The van der Waals surface area contributed by atoms with Crippen LogP contribution >= 0.6 is 0 Å². The topological polar surface area (TPSA) is 88.2 Å². The first-order chi connectivity index (χ1) is 14.0. The molecule has 0 spiro atoms. The third kappa shape index (κ3) is 3.84. The minimum atomic E-state index is 0.173. The van der Waals surface area contributed by atoms with Crippen LogP contribution in [0.15, 0.2) is 71.9 Å². The van der Waals surface area contributed by atoms with Crippen LogP contribution in [0.4, 0.5) is 0 Å². The second-order valence-corrected chi connectivity index (χ2v) is 6.67. The summed E-state index contributed by atoms with van der Waals surface area (Å²) < 4.78 is 5.74. The molecule has 7 nitrogen and oxygen atoms in total. The summed E-state index contributed by atoms with van der Waals surface area (Å²) in [5.74, 6) is 0.797. The summed E-state index contributed by atoms with van der Waals surface area (Å²) in [6.45, 7) is 4.07. The summed E-state index contributed by atoms with van der Waals surface area (Å²) in [5.41, 5.74) is 4.80. The number of benzene rings is 2. The lowest BCUT2D eigenvalue weighted by atomic mass is 10.1. The highest BCUT2D eigenvalue weighted by Gasteiger charge is 2.13. The van der Waals surface area contributed by atoms with Gasteiger partial charge in [0.1, 0.15) is 11.4 Å². The fraction of sp³-hybridized carbons (Fsp3) is 0.0909. The van der Waals surface area contributed by atoms with E-state index >= 15 is 0 Å². The van der Waals surface area contributed by atoms with E-state index < -0.39 is 0 Å². The van der Waals surface area contributed by atoms with Crippen molar-refractivity contribution in [1.29, 1.82) is 0 Å². The van der Waals surface area contributed by atoms with Crippen molar-refractivity contribution in [1.82, 2.24) is 25.1 Å². The van der Waals surface area contributed by atoms with Crippen LogP contribution in [0.5, 0.6) is 5.75 Å². The van der Waals surface area contributed by atoms with Crippen molar-refractivity contribution in [3.05, 3.63) is 73.1 Å². The molecule has 0 aliphatic rings. The van der Waals surface area contributed by atoms with E-state index in [1.165, 1.54) is 0 Å². The third-order valence-electron chi connectivity index (χ3n) is 4.45. The normalized spacial score (nSPS) is 10.7. The van der Waals surface area contributed by atoms with E-state index in [-0.39, 0.29) is 11.6 Å². The molecule has 0 saturated carbocycles. The average Bonchev–Trinajstić information content (AvgIpc) is 3.24. The number of nitrogens with zero attached hydrogens (tertiary/aromatic N) is 5. The number of hydrogen-bond donors (Lipinski definition) is 1. The summed E-state index contributed by atoms with van der Waals surface area (Å²) in [5, 5.41) is 17.5.